The van der Waals surface area contributed by atoms with Crippen molar-refractivity contribution in [3.8, 4) is 0 Å². The van der Waals surface area contributed by atoms with Gasteiger partial charge in [-0.05, 0) is 6.07 Å². The molecule has 1 aromatic carbocycles. The maximum absolute atomic E-state index is 12.2. The Balaban J connectivity index is 3.34. The largest absolute Gasteiger partial charge is 0.203 e. The van der Waals surface area contributed by atoms with Crippen molar-refractivity contribution >= 4 is 11.6 Å². The number of halogens is 4. The summed E-state index contributed by atoms with van der Waals surface area (Å²) in [7, 11) is 0. The van der Waals surface area contributed by atoms with Crippen LogP contribution in [0, 0.1) is 23.5 Å². The first-order valence-electron chi connectivity index (χ1n) is 2.33. The van der Waals surface area contributed by atoms with Gasteiger partial charge in [0.25, 0.3) is 0 Å². The molecule has 1 rings (SSSR count). The van der Waals surface area contributed by atoms with Gasteiger partial charge in [0.05, 0.1) is 5.02 Å². The van der Waals surface area contributed by atoms with Crippen molar-refractivity contribution in [2.45, 2.75) is 0 Å². The smallest absolute Gasteiger partial charge is 0.196 e. The molecule has 0 aliphatic heterocycles. The molecule has 0 nitrogen and oxygen atoms in total. The van der Waals surface area contributed by atoms with Crippen LogP contribution in [0.1, 0.15) is 0 Å². The van der Waals surface area contributed by atoms with Crippen LogP contribution in [0.3, 0.4) is 0 Å². The van der Waals surface area contributed by atoms with Crippen molar-refractivity contribution in [1.29, 1.82) is 0 Å². The Morgan fingerprint density at radius 1 is 1.20 bits per heavy atom. The fourth-order valence-electron chi connectivity index (χ4n) is 0.455. The predicted octanol–water partition coefficient (Wildman–Crippen LogP) is 2.56. The normalized spacial score (nSPS) is 10.0. The average Bonchev–Trinajstić information content (AvgIpc) is 1.93. The van der Waals surface area contributed by atoms with E-state index in [1.807, 2.05) is 0 Å². The number of benzene rings is 1. The standard InChI is InChI=1S/C6HClF3/c7-3-1-2-4(8)6(10)5(3)9/h1H. The molecule has 1 radical (unpaired) electrons. The molecule has 0 saturated carbocycles. The summed E-state index contributed by atoms with van der Waals surface area (Å²) in [6, 6.07) is 2.62. The molecular weight excluding hydrogens is 165 g/mol. The molecule has 0 heterocycles. The maximum atomic E-state index is 12.2. The summed E-state index contributed by atoms with van der Waals surface area (Å²) >= 11 is 5.07. The van der Waals surface area contributed by atoms with Crippen LogP contribution in [0.5, 0.6) is 0 Å². The lowest BCUT2D eigenvalue weighted by Crippen LogP contribution is -1.89. The molecule has 10 heavy (non-hydrogen) atoms. The molecule has 0 unspecified atom stereocenters. The summed E-state index contributed by atoms with van der Waals surface area (Å²) < 4.78 is 36.4. The zero-order chi connectivity index (χ0) is 7.72. The summed E-state index contributed by atoms with van der Waals surface area (Å²) in [5, 5.41) is -0.473. The highest BCUT2D eigenvalue weighted by Crippen LogP contribution is 2.18. The van der Waals surface area contributed by atoms with Crippen molar-refractivity contribution < 1.29 is 13.2 Å². The molecule has 0 bridgehead atoms. The van der Waals surface area contributed by atoms with E-state index in [0.29, 0.717) is 0 Å². The number of rotatable bonds is 0. The van der Waals surface area contributed by atoms with Crippen molar-refractivity contribution in [2.75, 3.05) is 0 Å². The first kappa shape index (κ1) is 7.41. The van der Waals surface area contributed by atoms with Gasteiger partial charge in [-0.3, -0.25) is 0 Å². The lowest BCUT2D eigenvalue weighted by Gasteiger charge is -1.94. The molecule has 0 amide bonds. The van der Waals surface area contributed by atoms with Gasteiger partial charge >= 0.3 is 0 Å². The van der Waals surface area contributed by atoms with Gasteiger partial charge in [0.15, 0.2) is 17.5 Å². The first-order valence-corrected chi connectivity index (χ1v) is 2.71. The molecule has 0 fully saturated rings. The summed E-state index contributed by atoms with van der Waals surface area (Å²) in [6.45, 7) is 0. The molecule has 0 N–H and O–H groups in total. The van der Waals surface area contributed by atoms with Crippen LogP contribution in [-0.4, -0.2) is 0 Å². The second kappa shape index (κ2) is 2.50. The van der Waals surface area contributed by atoms with E-state index in [4.69, 9.17) is 11.6 Å². The Bertz CT molecular complexity index is 232. The highest BCUT2D eigenvalue weighted by atomic mass is 35.5. The number of hydrogen-bond donors (Lipinski definition) is 0. The van der Waals surface area contributed by atoms with Gasteiger partial charge < -0.3 is 0 Å². The zero-order valence-electron chi connectivity index (χ0n) is 4.59. The minimum Gasteiger partial charge on any atom is -0.203 e. The average molecular weight is 166 g/mol. The second-order valence-corrected chi connectivity index (χ2v) is 1.99. The summed E-state index contributed by atoms with van der Waals surface area (Å²) in [4.78, 5) is 0. The summed E-state index contributed by atoms with van der Waals surface area (Å²) in [5.41, 5.74) is 0. The van der Waals surface area contributed by atoms with E-state index >= 15 is 0 Å². The van der Waals surface area contributed by atoms with E-state index in [2.05, 4.69) is 0 Å². The van der Waals surface area contributed by atoms with Crippen molar-refractivity contribution in [2.24, 2.45) is 0 Å². The molecule has 0 spiro atoms. The molecular formula is C6HClF3. The van der Waals surface area contributed by atoms with Gasteiger partial charge in [-0.2, -0.15) is 0 Å². The zero-order valence-corrected chi connectivity index (χ0v) is 5.35. The Kier molecular flexibility index (Phi) is 1.85. The second-order valence-electron chi connectivity index (χ2n) is 1.58. The third kappa shape index (κ3) is 1.09. The van der Waals surface area contributed by atoms with Gasteiger partial charge in [-0.25, -0.2) is 13.2 Å². The highest BCUT2D eigenvalue weighted by molar-refractivity contribution is 6.30. The molecule has 0 aliphatic carbocycles. The fourth-order valence-corrected chi connectivity index (χ4v) is 0.592. The number of hydrogen-bond acceptors (Lipinski definition) is 0. The molecule has 53 valence electrons. The van der Waals surface area contributed by atoms with Crippen LogP contribution in [0.2, 0.25) is 5.02 Å². The Morgan fingerprint density at radius 2 is 1.80 bits per heavy atom. The van der Waals surface area contributed by atoms with Gasteiger partial charge in [-0.15, -0.1) is 0 Å². The minimum absolute atomic E-state index is 0.473. The van der Waals surface area contributed by atoms with E-state index in [1.54, 1.807) is 6.07 Å². The quantitative estimate of drug-likeness (QED) is 0.409. The van der Waals surface area contributed by atoms with Crippen LogP contribution in [-0.2, 0) is 0 Å². The lowest BCUT2D eigenvalue weighted by atomic mass is 10.3. The predicted molar refractivity (Wildman–Crippen MR) is 30.2 cm³/mol. The molecule has 0 aromatic heterocycles. The van der Waals surface area contributed by atoms with Gasteiger partial charge in [-0.1, -0.05) is 11.6 Å². The minimum atomic E-state index is -1.59. The third-order valence-electron chi connectivity index (χ3n) is 0.921. The van der Waals surface area contributed by atoms with Crippen molar-refractivity contribution in [1.82, 2.24) is 0 Å². The van der Waals surface area contributed by atoms with E-state index in [0.717, 1.165) is 6.07 Å². The molecule has 0 atom stereocenters. The van der Waals surface area contributed by atoms with Gasteiger partial charge in [0.1, 0.15) is 0 Å². The lowest BCUT2D eigenvalue weighted by molar-refractivity contribution is 0.446. The Morgan fingerprint density at radius 3 is 2.30 bits per heavy atom. The highest BCUT2D eigenvalue weighted by Gasteiger charge is 2.11. The van der Waals surface area contributed by atoms with Crippen LogP contribution in [0.25, 0.3) is 0 Å². The maximum Gasteiger partial charge on any atom is 0.196 e. The van der Waals surface area contributed by atoms with E-state index in [9.17, 15) is 13.2 Å². The van der Waals surface area contributed by atoms with E-state index in [-0.39, 0.29) is 0 Å². The molecule has 0 saturated heterocycles. The Hall–Kier alpha value is -0.700. The van der Waals surface area contributed by atoms with E-state index < -0.39 is 22.5 Å². The first-order chi connectivity index (χ1) is 4.63. The van der Waals surface area contributed by atoms with Crippen LogP contribution in [0.4, 0.5) is 13.2 Å². The third-order valence-corrected chi connectivity index (χ3v) is 1.20. The Labute approximate surface area is 60.2 Å². The van der Waals surface area contributed by atoms with Crippen LogP contribution < -0.4 is 0 Å². The van der Waals surface area contributed by atoms with Crippen LogP contribution in [0.15, 0.2) is 6.07 Å². The fraction of sp³-hybridized carbons (Fsp3) is 0. The monoisotopic (exact) mass is 165 g/mol. The van der Waals surface area contributed by atoms with Crippen molar-refractivity contribution in [3.05, 3.63) is 34.6 Å². The summed E-state index contributed by atoms with van der Waals surface area (Å²) in [5.74, 6) is -4.33. The van der Waals surface area contributed by atoms with Crippen molar-refractivity contribution in [3.63, 3.8) is 0 Å². The van der Waals surface area contributed by atoms with Gasteiger partial charge in [0, 0.05) is 6.07 Å². The molecule has 4 heteroatoms. The molecule has 0 aliphatic rings. The molecule has 1 aromatic rings. The SMILES string of the molecule is Fc1[c]cc(Cl)c(F)c1F. The van der Waals surface area contributed by atoms with Crippen LogP contribution >= 0.6 is 11.6 Å². The topological polar surface area (TPSA) is 0 Å². The summed E-state index contributed by atoms with van der Waals surface area (Å²) in [6.07, 6.45) is 0. The van der Waals surface area contributed by atoms with E-state index in [1.165, 1.54) is 0 Å². The van der Waals surface area contributed by atoms with Gasteiger partial charge in [0.2, 0.25) is 0 Å².